The van der Waals surface area contributed by atoms with Crippen LogP contribution in [-0.4, -0.2) is 16.3 Å². The summed E-state index contributed by atoms with van der Waals surface area (Å²) in [5.41, 5.74) is 0.481. The maximum atomic E-state index is 13.4. The van der Waals surface area contributed by atoms with E-state index in [1.54, 1.807) is 19.1 Å². The first-order chi connectivity index (χ1) is 7.54. The van der Waals surface area contributed by atoms with E-state index in [2.05, 4.69) is 0 Å². The number of carbonyl (C=O) groups is 1. The molecule has 0 saturated carbocycles. The predicted molar refractivity (Wildman–Crippen MR) is 64.4 cm³/mol. The SMILES string of the molecule is CCC(SCc1ccc(Cl)cc1F)C(=O)O. The van der Waals surface area contributed by atoms with Crippen molar-refractivity contribution >= 4 is 29.3 Å². The maximum absolute atomic E-state index is 13.4. The number of hydrogen-bond acceptors (Lipinski definition) is 2. The van der Waals surface area contributed by atoms with Gasteiger partial charge < -0.3 is 5.11 Å². The minimum atomic E-state index is -0.859. The summed E-state index contributed by atoms with van der Waals surface area (Å²) in [5.74, 6) is -0.907. The molecule has 0 radical (unpaired) electrons. The number of thioether (sulfide) groups is 1. The fourth-order valence-electron chi connectivity index (χ4n) is 1.19. The number of hydrogen-bond donors (Lipinski definition) is 1. The highest BCUT2D eigenvalue weighted by Crippen LogP contribution is 2.23. The fourth-order valence-corrected chi connectivity index (χ4v) is 2.34. The van der Waals surface area contributed by atoms with Gasteiger partial charge in [0, 0.05) is 10.8 Å². The summed E-state index contributed by atoms with van der Waals surface area (Å²) >= 11 is 6.84. The second-order valence-electron chi connectivity index (χ2n) is 3.28. The number of halogens is 2. The lowest BCUT2D eigenvalue weighted by Crippen LogP contribution is -2.15. The topological polar surface area (TPSA) is 37.3 Å². The fraction of sp³-hybridized carbons (Fsp3) is 0.364. The molecule has 1 aromatic carbocycles. The van der Waals surface area contributed by atoms with Gasteiger partial charge in [-0.05, 0) is 24.1 Å². The molecular weight excluding hydrogens is 251 g/mol. The summed E-state index contributed by atoms with van der Waals surface area (Å²) in [4.78, 5) is 10.8. The van der Waals surface area contributed by atoms with E-state index in [9.17, 15) is 9.18 Å². The Morgan fingerprint density at radius 3 is 2.81 bits per heavy atom. The molecule has 0 heterocycles. The lowest BCUT2D eigenvalue weighted by molar-refractivity contribution is -0.136. The average molecular weight is 263 g/mol. The minimum absolute atomic E-state index is 0.341. The van der Waals surface area contributed by atoms with Crippen molar-refractivity contribution in [2.24, 2.45) is 0 Å². The van der Waals surface area contributed by atoms with Crippen LogP contribution in [0.3, 0.4) is 0 Å². The molecule has 0 saturated heterocycles. The maximum Gasteiger partial charge on any atom is 0.316 e. The van der Waals surface area contributed by atoms with Crippen molar-refractivity contribution in [3.8, 4) is 0 Å². The molecule has 1 aromatic rings. The standard InChI is InChI=1S/C11H12ClFO2S/c1-2-10(11(14)15)16-6-7-3-4-8(12)5-9(7)13/h3-5,10H,2,6H2,1H3,(H,14,15). The first-order valence-electron chi connectivity index (χ1n) is 4.83. The third-order valence-electron chi connectivity index (χ3n) is 2.10. The van der Waals surface area contributed by atoms with Crippen LogP contribution in [0.15, 0.2) is 18.2 Å². The van der Waals surface area contributed by atoms with Crippen LogP contribution in [0.5, 0.6) is 0 Å². The predicted octanol–water partition coefficient (Wildman–Crippen LogP) is 3.58. The molecule has 2 nitrogen and oxygen atoms in total. The molecule has 1 rings (SSSR count). The summed E-state index contributed by atoms with van der Waals surface area (Å²) < 4.78 is 13.4. The van der Waals surface area contributed by atoms with E-state index >= 15 is 0 Å². The number of carboxylic acids is 1. The lowest BCUT2D eigenvalue weighted by atomic mass is 10.2. The summed E-state index contributed by atoms with van der Waals surface area (Å²) in [7, 11) is 0. The molecule has 0 amide bonds. The Kier molecular flexibility index (Phi) is 5.09. The van der Waals surface area contributed by atoms with Crippen LogP contribution >= 0.6 is 23.4 Å². The molecule has 1 atom stereocenters. The molecule has 1 unspecified atom stereocenters. The average Bonchev–Trinajstić information content (AvgIpc) is 2.21. The zero-order valence-corrected chi connectivity index (χ0v) is 10.3. The van der Waals surface area contributed by atoms with Gasteiger partial charge in [-0.3, -0.25) is 4.79 Å². The van der Waals surface area contributed by atoms with Crippen molar-refractivity contribution in [1.29, 1.82) is 0 Å². The third-order valence-corrected chi connectivity index (χ3v) is 3.75. The van der Waals surface area contributed by atoms with Gasteiger partial charge in [0.15, 0.2) is 0 Å². The Morgan fingerprint density at radius 1 is 1.62 bits per heavy atom. The van der Waals surface area contributed by atoms with Crippen LogP contribution in [-0.2, 0) is 10.5 Å². The van der Waals surface area contributed by atoms with E-state index in [-0.39, 0.29) is 5.82 Å². The third kappa shape index (κ3) is 3.68. The largest absolute Gasteiger partial charge is 0.480 e. The molecule has 0 aromatic heterocycles. The Morgan fingerprint density at radius 2 is 2.31 bits per heavy atom. The molecule has 0 aliphatic rings. The molecule has 0 spiro atoms. The molecule has 88 valence electrons. The van der Waals surface area contributed by atoms with Crippen LogP contribution in [0.4, 0.5) is 4.39 Å². The summed E-state index contributed by atoms with van der Waals surface area (Å²) in [6, 6.07) is 4.42. The molecule has 1 N–H and O–H groups in total. The quantitative estimate of drug-likeness (QED) is 0.881. The van der Waals surface area contributed by atoms with Gasteiger partial charge in [0.1, 0.15) is 11.1 Å². The summed E-state index contributed by atoms with van der Waals surface area (Å²) in [5, 5.41) is 8.68. The molecule has 0 aliphatic carbocycles. The summed E-state index contributed by atoms with van der Waals surface area (Å²) in [6.07, 6.45) is 0.523. The molecule has 0 aliphatic heterocycles. The van der Waals surface area contributed by atoms with Crippen molar-refractivity contribution in [2.45, 2.75) is 24.3 Å². The highest BCUT2D eigenvalue weighted by Gasteiger charge is 2.16. The van der Waals surface area contributed by atoms with Crippen molar-refractivity contribution in [1.82, 2.24) is 0 Å². The van der Waals surface area contributed by atoms with Gasteiger partial charge in [-0.25, -0.2) is 4.39 Å². The normalized spacial score (nSPS) is 12.4. The first-order valence-corrected chi connectivity index (χ1v) is 6.25. The van der Waals surface area contributed by atoms with Gasteiger partial charge in [0.2, 0.25) is 0 Å². The zero-order valence-electron chi connectivity index (χ0n) is 8.74. The van der Waals surface area contributed by atoms with Gasteiger partial charge >= 0.3 is 5.97 Å². The van der Waals surface area contributed by atoms with Crippen LogP contribution in [0.2, 0.25) is 5.02 Å². The highest BCUT2D eigenvalue weighted by molar-refractivity contribution is 7.99. The van der Waals surface area contributed by atoms with E-state index < -0.39 is 11.2 Å². The van der Waals surface area contributed by atoms with Gasteiger partial charge in [-0.2, -0.15) is 0 Å². The lowest BCUT2D eigenvalue weighted by Gasteiger charge is -2.09. The summed E-state index contributed by atoms with van der Waals surface area (Å²) in [6.45, 7) is 1.80. The highest BCUT2D eigenvalue weighted by atomic mass is 35.5. The monoisotopic (exact) mass is 262 g/mol. The number of aliphatic carboxylic acids is 1. The molecule has 0 fully saturated rings. The Labute approximate surface area is 103 Å². The smallest absolute Gasteiger partial charge is 0.316 e. The van der Waals surface area contributed by atoms with E-state index in [0.29, 0.717) is 22.8 Å². The molecule has 0 bridgehead atoms. The van der Waals surface area contributed by atoms with Crippen molar-refractivity contribution in [3.05, 3.63) is 34.6 Å². The van der Waals surface area contributed by atoms with Crippen molar-refractivity contribution < 1.29 is 14.3 Å². The van der Waals surface area contributed by atoms with E-state index in [0.717, 1.165) is 0 Å². The van der Waals surface area contributed by atoms with Gasteiger partial charge in [0.05, 0.1) is 0 Å². The molecular formula is C11H12ClFO2S. The van der Waals surface area contributed by atoms with Crippen molar-refractivity contribution in [3.63, 3.8) is 0 Å². The van der Waals surface area contributed by atoms with Gasteiger partial charge in [-0.15, -0.1) is 11.8 Å². The second-order valence-corrected chi connectivity index (χ2v) is 4.91. The number of carboxylic acid groups (broad SMARTS) is 1. The van der Waals surface area contributed by atoms with Crippen LogP contribution in [0, 0.1) is 5.82 Å². The Bertz CT molecular complexity index is 384. The number of rotatable bonds is 5. The molecule has 16 heavy (non-hydrogen) atoms. The van der Waals surface area contributed by atoms with Crippen LogP contribution < -0.4 is 0 Å². The Hall–Kier alpha value is -0.740. The van der Waals surface area contributed by atoms with Crippen molar-refractivity contribution in [2.75, 3.05) is 0 Å². The van der Waals surface area contributed by atoms with Gasteiger partial charge in [-0.1, -0.05) is 24.6 Å². The van der Waals surface area contributed by atoms with Gasteiger partial charge in [0.25, 0.3) is 0 Å². The zero-order chi connectivity index (χ0) is 12.1. The van der Waals surface area contributed by atoms with E-state index in [4.69, 9.17) is 16.7 Å². The van der Waals surface area contributed by atoms with Crippen LogP contribution in [0.1, 0.15) is 18.9 Å². The van der Waals surface area contributed by atoms with Crippen LogP contribution in [0.25, 0.3) is 0 Å². The second kappa shape index (κ2) is 6.11. The first kappa shape index (κ1) is 13.3. The van der Waals surface area contributed by atoms with E-state index in [1.165, 1.54) is 17.8 Å². The number of benzene rings is 1. The molecule has 5 heteroatoms. The Balaban J connectivity index is 2.63. The van der Waals surface area contributed by atoms with E-state index in [1.807, 2.05) is 0 Å². The minimum Gasteiger partial charge on any atom is -0.480 e.